The maximum absolute atomic E-state index is 12.0. The van der Waals surface area contributed by atoms with Crippen molar-refractivity contribution in [1.29, 1.82) is 0 Å². The highest BCUT2D eigenvalue weighted by Crippen LogP contribution is 2.15. The summed E-state index contributed by atoms with van der Waals surface area (Å²) in [6, 6.07) is 0. The molecule has 0 radical (unpaired) electrons. The van der Waals surface area contributed by atoms with Crippen LogP contribution in [0, 0.1) is 13.8 Å². The quantitative estimate of drug-likeness (QED) is 0.733. The van der Waals surface area contributed by atoms with Gasteiger partial charge in [0.25, 0.3) is 0 Å². The third-order valence-corrected chi connectivity index (χ3v) is 4.51. The number of carbonyl (C=O) groups excluding carboxylic acids is 1. The van der Waals surface area contributed by atoms with E-state index in [1.54, 1.807) is 0 Å². The molecule has 0 aromatic carbocycles. The lowest BCUT2D eigenvalue weighted by atomic mass is 10.1. The first-order chi connectivity index (χ1) is 11.1. The molecular weight excluding hydrogens is 292 g/mol. The van der Waals surface area contributed by atoms with E-state index < -0.39 is 0 Å². The molecule has 2 heterocycles. The van der Waals surface area contributed by atoms with Crippen LogP contribution in [0.25, 0.3) is 0 Å². The van der Waals surface area contributed by atoms with Gasteiger partial charge in [-0.05, 0) is 45.7 Å². The predicted octanol–water partition coefficient (Wildman–Crippen LogP) is 1.29. The fourth-order valence-electron chi connectivity index (χ4n) is 3.09. The van der Waals surface area contributed by atoms with Gasteiger partial charge in [-0.25, -0.2) is 0 Å². The number of aryl methyl sites for hydroxylation is 2. The van der Waals surface area contributed by atoms with Crippen LogP contribution in [0.1, 0.15) is 36.7 Å². The molecule has 23 heavy (non-hydrogen) atoms. The van der Waals surface area contributed by atoms with Crippen molar-refractivity contribution in [2.24, 2.45) is 0 Å². The van der Waals surface area contributed by atoms with Crippen molar-refractivity contribution in [1.82, 2.24) is 20.0 Å². The third kappa shape index (κ3) is 5.32. The Morgan fingerprint density at radius 3 is 2.70 bits per heavy atom. The van der Waals surface area contributed by atoms with Gasteiger partial charge in [-0.3, -0.25) is 14.4 Å². The number of nitrogens with zero attached hydrogens (tertiary/aromatic N) is 3. The molecule has 6 heteroatoms. The molecule has 1 aromatic heterocycles. The van der Waals surface area contributed by atoms with E-state index in [9.17, 15) is 4.79 Å². The van der Waals surface area contributed by atoms with Crippen molar-refractivity contribution >= 4 is 5.91 Å². The van der Waals surface area contributed by atoms with Crippen LogP contribution in [0.5, 0.6) is 0 Å². The van der Waals surface area contributed by atoms with Gasteiger partial charge >= 0.3 is 0 Å². The molecule has 130 valence electrons. The van der Waals surface area contributed by atoms with E-state index in [-0.39, 0.29) is 5.91 Å². The Labute approximate surface area is 139 Å². The molecule has 6 nitrogen and oxygen atoms in total. The molecule has 0 saturated carbocycles. The van der Waals surface area contributed by atoms with E-state index in [0.29, 0.717) is 6.42 Å². The summed E-state index contributed by atoms with van der Waals surface area (Å²) >= 11 is 0. The van der Waals surface area contributed by atoms with E-state index in [1.807, 2.05) is 11.6 Å². The summed E-state index contributed by atoms with van der Waals surface area (Å²) in [5.41, 5.74) is 3.45. The number of carbonyl (C=O) groups is 1. The summed E-state index contributed by atoms with van der Waals surface area (Å²) in [5, 5.41) is 7.53. The lowest BCUT2D eigenvalue weighted by Gasteiger charge is -2.26. The van der Waals surface area contributed by atoms with Gasteiger partial charge in [0.05, 0.1) is 18.9 Å². The van der Waals surface area contributed by atoms with Gasteiger partial charge < -0.3 is 10.1 Å². The van der Waals surface area contributed by atoms with Gasteiger partial charge in [-0.15, -0.1) is 0 Å². The van der Waals surface area contributed by atoms with Crippen LogP contribution >= 0.6 is 0 Å². The zero-order valence-corrected chi connectivity index (χ0v) is 14.7. The molecule has 0 spiro atoms. The van der Waals surface area contributed by atoms with Crippen molar-refractivity contribution in [2.45, 2.75) is 46.6 Å². The zero-order valence-electron chi connectivity index (χ0n) is 14.7. The van der Waals surface area contributed by atoms with E-state index in [2.05, 4.69) is 29.2 Å². The maximum atomic E-state index is 12.0. The molecule has 1 aliphatic rings. The number of aromatic nitrogens is 2. The normalized spacial score (nSPS) is 15.8. The van der Waals surface area contributed by atoms with Crippen LogP contribution in [-0.2, 0) is 22.5 Å². The van der Waals surface area contributed by atoms with E-state index >= 15 is 0 Å². The SMILES string of the molecule is CCn1nc(C)c(CCC(=O)NCCCN2CCOCC2)c1C. The number of nitrogens with one attached hydrogen (secondary N) is 1. The summed E-state index contributed by atoms with van der Waals surface area (Å²) < 4.78 is 7.33. The van der Waals surface area contributed by atoms with Gasteiger partial charge in [-0.2, -0.15) is 5.10 Å². The smallest absolute Gasteiger partial charge is 0.220 e. The molecule has 1 N–H and O–H groups in total. The molecule has 1 fully saturated rings. The van der Waals surface area contributed by atoms with Crippen molar-refractivity contribution in [3.05, 3.63) is 17.0 Å². The lowest BCUT2D eigenvalue weighted by molar-refractivity contribution is -0.121. The highest BCUT2D eigenvalue weighted by molar-refractivity contribution is 5.76. The van der Waals surface area contributed by atoms with Crippen LogP contribution in [0.2, 0.25) is 0 Å². The predicted molar refractivity (Wildman–Crippen MR) is 90.6 cm³/mol. The van der Waals surface area contributed by atoms with Crippen LogP contribution in [0.3, 0.4) is 0 Å². The highest BCUT2D eigenvalue weighted by Gasteiger charge is 2.13. The fourth-order valence-corrected chi connectivity index (χ4v) is 3.09. The molecule has 1 saturated heterocycles. The molecule has 1 amide bonds. The second-order valence-electron chi connectivity index (χ2n) is 6.12. The number of hydrogen-bond acceptors (Lipinski definition) is 4. The summed E-state index contributed by atoms with van der Waals surface area (Å²) in [5.74, 6) is 0.134. The standard InChI is InChI=1S/C17H30N4O2/c1-4-21-15(3)16(14(2)19-21)6-7-17(22)18-8-5-9-20-10-12-23-13-11-20/h4-13H2,1-3H3,(H,18,22). The first-order valence-corrected chi connectivity index (χ1v) is 8.71. The summed E-state index contributed by atoms with van der Waals surface area (Å²) in [7, 11) is 0. The van der Waals surface area contributed by atoms with E-state index in [0.717, 1.165) is 64.5 Å². The average Bonchev–Trinajstić information content (AvgIpc) is 2.84. The van der Waals surface area contributed by atoms with E-state index in [4.69, 9.17) is 4.74 Å². The third-order valence-electron chi connectivity index (χ3n) is 4.51. The van der Waals surface area contributed by atoms with Gasteiger partial charge in [0, 0.05) is 38.3 Å². The topological polar surface area (TPSA) is 59.4 Å². The minimum absolute atomic E-state index is 0.134. The Kier molecular flexibility index (Phi) is 7.05. The average molecular weight is 322 g/mol. The van der Waals surface area contributed by atoms with Gasteiger partial charge in [-0.1, -0.05) is 0 Å². The summed E-state index contributed by atoms with van der Waals surface area (Å²) in [4.78, 5) is 14.4. The van der Waals surface area contributed by atoms with Gasteiger partial charge in [0.1, 0.15) is 0 Å². The number of morpholine rings is 1. The Balaban J connectivity index is 1.64. The Morgan fingerprint density at radius 2 is 2.04 bits per heavy atom. The molecule has 0 atom stereocenters. The number of ether oxygens (including phenoxy) is 1. The monoisotopic (exact) mass is 322 g/mol. The molecule has 0 bridgehead atoms. The fraction of sp³-hybridized carbons (Fsp3) is 0.765. The highest BCUT2D eigenvalue weighted by atomic mass is 16.5. The molecular formula is C17H30N4O2. The van der Waals surface area contributed by atoms with Crippen LogP contribution in [0.15, 0.2) is 0 Å². The largest absolute Gasteiger partial charge is 0.379 e. The molecule has 1 aromatic rings. The van der Waals surface area contributed by atoms with Gasteiger partial charge in [0.2, 0.25) is 5.91 Å². The zero-order chi connectivity index (χ0) is 16.7. The first kappa shape index (κ1) is 17.9. The minimum atomic E-state index is 0.134. The minimum Gasteiger partial charge on any atom is -0.379 e. The van der Waals surface area contributed by atoms with Gasteiger partial charge in [0.15, 0.2) is 0 Å². The summed E-state index contributed by atoms with van der Waals surface area (Å²) in [6.07, 6.45) is 2.30. The number of amides is 1. The Hall–Kier alpha value is -1.40. The Morgan fingerprint density at radius 1 is 1.30 bits per heavy atom. The summed E-state index contributed by atoms with van der Waals surface area (Å²) in [6.45, 7) is 12.5. The molecule has 2 rings (SSSR count). The first-order valence-electron chi connectivity index (χ1n) is 8.71. The molecule has 0 unspecified atom stereocenters. The Bertz CT molecular complexity index is 507. The lowest BCUT2D eigenvalue weighted by Crippen LogP contribution is -2.38. The second-order valence-corrected chi connectivity index (χ2v) is 6.12. The van der Waals surface area contributed by atoms with Crippen LogP contribution < -0.4 is 5.32 Å². The van der Waals surface area contributed by atoms with E-state index in [1.165, 1.54) is 11.3 Å². The number of hydrogen-bond donors (Lipinski definition) is 1. The van der Waals surface area contributed by atoms with Crippen molar-refractivity contribution in [3.8, 4) is 0 Å². The van der Waals surface area contributed by atoms with Crippen LogP contribution in [-0.4, -0.2) is 60.0 Å². The van der Waals surface area contributed by atoms with Crippen molar-refractivity contribution in [2.75, 3.05) is 39.4 Å². The number of rotatable bonds is 8. The molecule has 1 aliphatic heterocycles. The van der Waals surface area contributed by atoms with Crippen molar-refractivity contribution in [3.63, 3.8) is 0 Å². The maximum Gasteiger partial charge on any atom is 0.220 e. The second kappa shape index (κ2) is 9.03. The van der Waals surface area contributed by atoms with Crippen LogP contribution in [0.4, 0.5) is 0 Å². The molecule has 0 aliphatic carbocycles. The van der Waals surface area contributed by atoms with Crippen molar-refractivity contribution < 1.29 is 9.53 Å².